The molecular weight excluding hydrogens is 425 g/mol. The average molecular weight is 456 g/mol. The Morgan fingerprint density at radius 1 is 1.15 bits per heavy atom. The fourth-order valence-corrected chi connectivity index (χ4v) is 3.85. The van der Waals surface area contributed by atoms with Gasteiger partial charge >= 0.3 is 0 Å². The van der Waals surface area contributed by atoms with Gasteiger partial charge in [0, 0.05) is 37.1 Å². The summed E-state index contributed by atoms with van der Waals surface area (Å²) >= 11 is 0. The number of ether oxygens (including phenoxy) is 2. The van der Waals surface area contributed by atoms with E-state index in [0.29, 0.717) is 30.1 Å². The third kappa shape index (κ3) is 5.57. The van der Waals surface area contributed by atoms with E-state index in [9.17, 15) is 14.0 Å². The molecule has 2 amide bonds. The molecule has 0 aliphatic carbocycles. The lowest BCUT2D eigenvalue weighted by molar-refractivity contribution is -0.143. The van der Waals surface area contributed by atoms with Gasteiger partial charge in [-0.25, -0.2) is 9.40 Å². The monoisotopic (exact) mass is 455 g/mol. The third-order valence-corrected chi connectivity index (χ3v) is 5.55. The standard InChI is InChI=1S/C25H30FN3O4/c1-17(2)25(31)28(13-14-32-3)16-24(30)29-22(19-10-6-8-12-23(19)33-4)15-21(27-29)18-9-5-7-11-20(18)26/h5-12,17,22H,13-16H2,1-4H3/t22-/m0/s1. The van der Waals surface area contributed by atoms with Crippen molar-refractivity contribution in [2.45, 2.75) is 26.3 Å². The van der Waals surface area contributed by atoms with E-state index in [2.05, 4.69) is 5.10 Å². The number of halogens is 1. The van der Waals surface area contributed by atoms with Crippen molar-refractivity contribution in [2.75, 3.05) is 33.9 Å². The van der Waals surface area contributed by atoms with Crippen molar-refractivity contribution >= 4 is 17.5 Å². The smallest absolute Gasteiger partial charge is 0.262 e. The van der Waals surface area contributed by atoms with Crippen LogP contribution in [0.3, 0.4) is 0 Å². The minimum absolute atomic E-state index is 0.147. The number of carbonyl (C=O) groups is 2. The van der Waals surface area contributed by atoms with Gasteiger partial charge in [0.25, 0.3) is 5.91 Å². The third-order valence-electron chi connectivity index (χ3n) is 5.55. The molecule has 33 heavy (non-hydrogen) atoms. The van der Waals surface area contributed by atoms with Crippen LogP contribution in [0.2, 0.25) is 0 Å². The van der Waals surface area contributed by atoms with Crippen LogP contribution >= 0.6 is 0 Å². The predicted octanol–water partition coefficient (Wildman–Crippen LogP) is 3.64. The topological polar surface area (TPSA) is 71.4 Å². The van der Waals surface area contributed by atoms with Crippen LogP contribution in [-0.4, -0.2) is 61.4 Å². The molecule has 1 heterocycles. The number of carbonyl (C=O) groups excluding carboxylic acids is 2. The van der Waals surface area contributed by atoms with E-state index in [1.54, 1.807) is 46.3 Å². The molecule has 1 aliphatic rings. The Kier molecular flexibility index (Phi) is 8.16. The Bertz CT molecular complexity index is 1020. The summed E-state index contributed by atoms with van der Waals surface area (Å²) in [6, 6.07) is 13.3. The molecule has 2 aromatic carbocycles. The number of methoxy groups -OCH3 is 2. The summed E-state index contributed by atoms with van der Waals surface area (Å²) in [5.74, 6) is -0.564. The minimum atomic E-state index is -0.485. The molecular formula is C25H30FN3O4. The molecule has 1 atom stereocenters. The van der Waals surface area contributed by atoms with Gasteiger partial charge in [-0.1, -0.05) is 50.2 Å². The number of para-hydroxylation sites is 1. The van der Waals surface area contributed by atoms with Crippen LogP contribution in [0.1, 0.15) is 37.4 Å². The SMILES string of the molecule is COCCN(CC(=O)N1N=C(c2ccccc2F)C[C@H]1c1ccccc1OC)C(=O)C(C)C. The fourth-order valence-electron chi connectivity index (χ4n) is 3.85. The summed E-state index contributed by atoms with van der Waals surface area (Å²) in [5.41, 5.74) is 1.58. The number of hydrazone groups is 1. The van der Waals surface area contributed by atoms with Gasteiger partial charge in [0.15, 0.2) is 0 Å². The normalized spacial score (nSPS) is 15.5. The molecule has 7 nitrogen and oxygen atoms in total. The molecule has 1 aliphatic heterocycles. The molecule has 8 heteroatoms. The Hall–Kier alpha value is -3.26. The molecule has 2 aromatic rings. The van der Waals surface area contributed by atoms with E-state index in [0.717, 1.165) is 5.56 Å². The van der Waals surface area contributed by atoms with Gasteiger partial charge in [-0.05, 0) is 12.1 Å². The lowest BCUT2D eigenvalue weighted by atomic mass is 9.97. The molecule has 176 valence electrons. The highest BCUT2D eigenvalue weighted by Crippen LogP contribution is 2.37. The summed E-state index contributed by atoms with van der Waals surface area (Å²) < 4.78 is 25.1. The second-order valence-corrected chi connectivity index (χ2v) is 8.13. The zero-order chi connectivity index (χ0) is 24.0. The van der Waals surface area contributed by atoms with Crippen molar-refractivity contribution in [2.24, 2.45) is 11.0 Å². The first kappa shape index (κ1) is 24.4. The van der Waals surface area contributed by atoms with Crippen molar-refractivity contribution in [1.29, 1.82) is 0 Å². The van der Waals surface area contributed by atoms with Crippen molar-refractivity contribution in [3.05, 3.63) is 65.5 Å². The quantitative estimate of drug-likeness (QED) is 0.579. The van der Waals surface area contributed by atoms with Crippen LogP contribution in [0.15, 0.2) is 53.6 Å². The van der Waals surface area contributed by atoms with Crippen molar-refractivity contribution < 1.29 is 23.5 Å². The van der Waals surface area contributed by atoms with Crippen LogP contribution in [0.4, 0.5) is 4.39 Å². The van der Waals surface area contributed by atoms with Gasteiger partial charge in [-0.2, -0.15) is 5.10 Å². The fraction of sp³-hybridized carbons (Fsp3) is 0.400. The van der Waals surface area contributed by atoms with Crippen LogP contribution in [-0.2, 0) is 14.3 Å². The summed E-state index contributed by atoms with van der Waals surface area (Å²) in [6.07, 6.45) is 0.323. The van der Waals surface area contributed by atoms with E-state index >= 15 is 0 Å². The zero-order valence-electron chi connectivity index (χ0n) is 19.5. The highest BCUT2D eigenvalue weighted by atomic mass is 19.1. The summed E-state index contributed by atoms with van der Waals surface area (Å²) in [4.78, 5) is 27.6. The van der Waals surface area contributed by atoms with Crippen LogP contribution in [0.5, 0.6) is 5.75 Å². The van der Waals surface area contributed by atoms with E-state index in [1.165, 1.54) is 16.0 Å². The van der Waals surface area contributed by atoms with Crippen LogP contribution < -0.4 is 4.74 Å². The summed E-state index contributed by atoms with van der Waals surface area (Å²) in [5, 5.41) is 5.88. The number of rotatable bonds is 9. The molecule has 0 radical (unpaired) electrons. The van der Waals surface area contributed by atoms with E-state index in [-0.39, 0.29) is 30.8 Å². The van der Waals surface area contributed by atoms with Gasteiger partial charge in [0.05, 0.1) is 25.5 Å². The number of amides is 2. The lowest BCUT2D eigenvalue weighted by Crippen LogP contribution is -2.44. The van der Waals surface area contributed by atoms with Gasteiger partial charge in [-0.15, -0.1) is 0 Å². The van der Waals surface area contributed by atoms with Crippen molar-refractivity contribution in [1.82, 2.24) is 9.91 Å². The maximum atomic E-state index is 14.5. The molecule has 0 fully saturated rings. The maximum Gasteiger partial charge on any atom is 0.262 e. The Morgan fingerprint density at radius 3 is 2.52 bits per heavy atom. The zero-order valence-corrected chi connectivity index (χ0v) is 19.5. The number of hydrogen-bond donors (Lipinski definition) is 0. The minimum Gasteiger partial charge on any atom is -0.496 e. The molecule has 0 unspecified atom stereocenters. The van der Waals surface area contributed by atoms with E-state index in [1.807, 2.05) is 24.3 Å². The van der Waals surface area contributed by atoms with Gasteiger partial charge in [-0.3, -0.25) is 9.59 Å². The van der Waals surface area contributed by atoms with Gasteiger partial charge in [0.1, 0.15) is 18.1 Å². The Morgan fingerprint density at radius 2 is 1.85 bits per heavy atom. The molecule has 3 rings (SSSR count). The molecule has 0 aromatic heterocycles. The molecule has 0 N–H and O–H groups in total. The van der Waals surface area contributed by atoms with Gasteiger partial charge in [0.2, 0.25) is 5.91 Å². The number of nitrogens with zero attached hydrogens (tertiary/aromatic N) is 3. The van der Waals surface area contributed by atoms with E-state index in [4.69, 9.17) is 9.47 Å². The first-order valence-electron chi connectivity index (χ1n) is 10.9. The maximum absolute atomic E-state index is 14.5. The summed E-state index contributed by atoms with van der Waals surface area (Å²) in [7, 11) is 3.11. The summed E-state index contributed by atoms with van der Waals surface area (Å²) in [6.45, 7) is 4.02. The van der Waals surface area contributed by atoms with Crippen molar-refractivity contribution in [3.8, 4) is 5.75 Å². The average Bonchev–Trinajstić information content (AvgIpc) is 3.26. The van der Waals surface area contributed by atoms with Crippen LogP contribution in [0.25, 0.3) is 0 Å². The predicted molar refractivity (Wildman–Crippen MR) is 123 cm³/mol. The number of benzene rings is 2. The lowest BCUT2D eigenvalue weighted by Gasteiger charge is -2.28. The first-order chi connectivity index (χ1) is 15.9. The van der Waals surface area contributed by atoms with Crippen LogP contribution in [0, 0.1) is 11.7 Å². The molecule has 0 spiro atoms. The first-order valence-corrected chi connectivity index (χ1v) is 10.9. The highest BCUT2D eigenvalue weighted by molar-refractivity contribution is 6.03. The number of hydrogen-bond acceptors (Lipinski definition) is 5. The molecule has 0 saturated carbocycles. The Labute approximate surface area is 193 Å². The Balaban J connectivity index is 1.96. The van der Waals surface area contributed by atoms with E-state index < -0.39 is 11.9 Å². The molecule has 0 saturated heterocycles. The highest BCUT2D eigenvalue weighted by Gasteiger charge is 2.36. The van der Waals surface area contributed by atoms with Gasteiger partial charge < -0.3 is 14.4 Å². The largest absolute Gasteiger partial charge is 0.496 e. The second kappa shape index (κ2) is 11.0. The van der Waals surface area contributed by atoms with Crippen molar-refractivity contribution in [3.63, 3.8) is 0 Å². The molecule has 0 bridgehead atoms. The second-order valence-electron chi connectivity index (χ2n) is 8.13.